The maximum absolute atomic E-state index is 12.9. The largest absolute Gasteiger partial charge is 0.424 e. The number of anilines is 1. The number of oxazole rings is 1. The number of benzene rings is 2. The second-order valence-electron chi connectivity index (χ2n) is 5.87. The van der Waals surface area contributed by atoms with Gasteiger partial charge >= 0.3 is 7.60 Å². The van der Waals surface area contributed by atoms with Gasteiger partial charge in [0.05, 0.1) is 0 Å². The molecule has 0 atom stereocenters. The third-order valence-electron chi connectivity index (χ3n) is 4.06. The summed E-state index contributed by atoms with van der Waals surface area (Å²) in [5.41, 5.74) is 1.89. The van der Waals surface area contributed by atoms with E-state index in [0.29, 0.717) is 28.9 Å². The van der Waals surface area contributed by atoms with E-state index >= 15 is 0 Å². The molecule has 6 nitrogen and oxygen atoms in total. The molecule has 1 N–H and O–H groups in total. The molecule has 0 spiro atoms. The van der Waals surface area contributed by atoms with Gasteiger partial charge in [-0.3, -0.25) is 4.57 Å². The van der Waals surface area contributed by atoms with Crippen LogP contribution in [0, 0.1) is 0 Å². The Labute approximate surface area is 173 Å². The molecule has 0 aliphatic carbocycles. The monoisotopic (exact) mass is 440 g/mol. The van der Waals surface area contributed by atoms with Crippen molar-refractivity contribution in [2.45, 2.75) is 13.0 Å². The van der Waals surface area contributed by atoms with Gasteiger partial charge in [0, 0.05) is 37.2 Å². The van der Waals surface area contributed by atoms with Crippen LogP contribution >= 0.6 is 30.8 Å². The molecular weight excluding hydrogens is 422 g/mol. The van der Waals surface area contributed by atoms with Gasteiger partial charge in [-0.25, -0.2) is 4.98 Å². The first kappa shape index (κ1) is 20.9. The van der Waals surface area contributed by atoms with Crippen LogP contribution in [-0.4, -0.2) is 19.2 Å². The van der Waals surface area contributed by atoms with Gasteiger partial charge in [0.2, 0.25) is 17.2 Å². The Morgan fingerprint density at radius 2 is 1.75 bits per heavy atom. The fraction of sp³-hybridized carbons (Fsp3) is 0.211. The quantitative estimate of drug-likeness (QED) is 0.479. The zero-order valence-corrected chi connectivity index (χ0v) is 17.7. The van der Waals surface area contributed by atoms with Gasteiger partial charge in [-0.1, -0.05) is 53.5 Å². The topological polar surface area (TPSA) is 73.6 Å². The molecular formula is C19H19Cl2N2O4P. The predicted molar refractivity (Wildman–Crippen MR) is 111 cm³/mol. The van der Waals surface area contributed by atoms with E-state index in [1.807, 2.05) is 30.3 Å². The van der Waals surface area contributed by atoms with Crippen molar-refractivity contribution in [1.82, 2.24) is 4.98 Å². The molecule has 0 fully saturated rings. The van der Waals surface area contributed by atoms with Crippen molar-refractivity contribution in [2.24, 2.45) is 0 Å². The van der Waals surface area contributed by atoms with E-state index in [4.69, 9.17) is 36.7 Å². The summed E-state index contributed by atoms with van der Waals surface area (Å²) in [6.45, 7) is 0.357. The number of hydrogen-bond acceptors (Lipinski definition) is 6. The van der Waals surface area contributed by atoms with Crippen molar-refractivity contribution in [3.63, 3.8) is 0 Å². The minimum atomic E-state index is -3.62. The van der Waals surface area contributed by atoms with Gasteiger partial charge < -0.3 is 18.8 Å². The molecule has 0 unspecified atom stereocenters. The van der Waals surface area contributed by atoms with E-state index in [1.54, 1.807) is 18.2 Å². The van der Waals surface area contributed by atoms with E-state index in [9.17, 15) is 4.57 Å². The second kappa shape index (κ2) is 9.12. The number of hydrogen-bond donors (Lipinski definition) is 1. The molecule has 0 aliphatic rings. The highest BCUT2D eigenvalue weighted by Gasteiger charge is 2.34. The molecule has 1 heterocycles. The molecule has 3 rings (SSSR count). The summed E-state index contributed by atoms with van der Waals surface area (Å²) >= 11 is 12.1. The fourth-order valence-electron chi connectivity index (χ4n) is 2.57. The Kier molecular flexibility index (Phi) is 6.81. The SMILES string of the molecule is COP(=O)(OC)c1nc(Cc2ccc(Cl)cc2)oc1NCc1ccccc1Cl. The molecule has 0 saturated heterocycles. The molecule has 0 radical (unpaired) electrons. The van der Waals surface area contributed by atoms with E-state index in [0.717, 1.165) is 11.1 Å². The highest BCUT2D eigenvalue weighted by Crippen LogP contribution is 2.47. The van der Waals surface area contributed by atoms with Crippen molar-refractivity contribution >= 4 is 42.1 Å². The summed E-state index contributed by atoms with van der Waals surface area (Å²) in [7, 11) is -1.01. The fourth-order valence-corrected chi connectivity index (χ4v) is 4.00. The van der Waals surface area contributed by atoms with Gasteiger partial charge in [0.15, 0.2) is 0 Å². The smallest absolute Gasteiger partial charge is 0.384 e. The summed E-state index contributed by atoms with van der Waals surface area (Å²) in [6, 6.07) is 14.7. The molecule has 0 saturated carbocycles. The number of nitrogens with one attached hydrogen (secondary N) is 1. The predicted octanol–water partition coefficient (Wildman–Crippen LogP) is 5.30. The minimum absolute atomic E-state index is 0.0912. The Morgan fingerprint density at radius 3 is 2.39 bits per heavy atom. The minimum Gasteiger partial charge on any atom is -0.424 e. The summed E-state index contributed by atoms with van der Waals surface area (Å²) in [4.78, 5) is 4.37. The molecule has 0 amide bonds. The normalized spacial score (nSPS) is 11.6. The van der Waals surface area contributed by atoms with Crippen LogP contribution in [0.1, 0.15) is 17.0 Å². The summed E-state index contributed by atoms with van der Waals surface area (Å²) in [5.74, 6) is 0.587. The van der Waals surface area contributed by atoms with Gasteiger partial charge in [0.1, 0.15) is 0 Å². The molecule has 1 aromatic heterocycles. The van der Waals surface area contributed by atoms with Crippen molar-refractivity contribution in [1.29, 1.82) is 0 Å². The van der Waals surface area contributed by atoms with Gasteiger partial charge in [-0.2, -0.15) is 0 Å². The van der Waals surface area contributed by atoms with Crippen LogP contribution in [0.25, 0.3) is 0 Å². The van der Waals surface area contributed by atoms with E-state index < -0.39 is 7.60 Å². The average molecular weight is 441 g/mol. The molecule has 9 heteroatoms. The van der Waals surface area contributed by atoms with Gasteiger partial charge in [-0.05, 0) is 29.3 Å². The summed E-state index contributed by atoms with van der Waals surface area (Å²) < 4.78 is 28.9. The summed E-state index contributed by atoms with van der Waals surface area (Å²) in [5, 5.41) is 4.34. The van der Waals surface area contributed by atoms with Gasteiger partial charge in [0.25, 0.3) is 0 Å². The maximum atomic E-state index is 12.9. The molecule has 2 aromatic carbocycles. The second-order valence-corrected chi connectivity index (χ2v) is 8.86. The van der Waals surface area contributed by atoms with Crippen LogP contribution < -0.4 is 10.8 Å². The Balaban J connectivity index is 1.90. The van der Waals surface area contributed by atoms with Crippen molar-refractivity contribution in [3.8, 4) is 0 Å². The Hall–Kier alpha value is -1.82. The van der Waals surface area contributed by atoms with Crippen LogP contribution in [0.4, 0.5) is 5.88 Å². The molecule has 0 aliphatic heterocycles. The first-order chi connectivity index (χ1) is 13.4. The third-order valence-corrected chi connectivity index (χ3v) is 6.46. The van der Waals surface area contributed by atoms with Gasteiger partial charge in [-0.15, -0.1) is 0 Å². The number of rotatable bonds is 8. The Bertz CT molecular complexity index is 984. The maximum Gasteiger partial charge on any atom is 0.384 e. The molecule has 148 valence electrons. The first-order valence-electron chi connectivity index (χ1n) is 8.38. The van der Waals surface area contributed by atoms with Crippen LogP contribution in [-0.2, 0) is 26.6 Å². The zero-order chi connectivity index (χ0) is 20.1. The van der Waals surface area contributed by atoms with Crippen molar-refractivity contribution in [3.05, 3.63) is 75.6 Å². The van der Waals surface area contributed by atoms with E-state index in [2.05, 4.69) is 10.3 Å². The van der Waals surface area contributed by atoms with Crippen LogP contribution in [0.15, 0.2) is 52.9 Å². The molecule has 0 bridgehead atoms. The standard InChI is InChI=1S/C19H19Cl2N2O4P/c1-25-28(24,26-2)19-18(22-12-14-5-3-4-6-16(14)21)27-17(23-19)11-13-7-9-15(20)10-8-13/h3-10,22H,11-12H2,1-2H3. The van der Waals surface area contributed by atoms with Crippen molar-refractivity contribution in [2.75, 3.05) is 19.5 Å². The molecule has 3 aromatic rings. The number of nitrogens with zero attached hydrogens (tertiary/aromatic N) is 1. The van der Waals surface area contributed by atoms with Crippen molar-refractivity contribution < 1.29 is 18.0 Å². The lowest BCUT2D eigenvalue weighted by Crippen LogP contribution is -2.15. The third kappa shape index (κ3) is 4.77. The lowest BCUT2D eigenvalue weighted by molar-refractivity contribution is 0.286. The zero-order valence-electron chi connectivity index (χ0n) is 15.3. The number of aromatic nitrogens is 1. The Morgan fingerprint density at radius 1 is 1.07 bits per heavy atom. The first-order valence-corrected chi connectivity index (χ1v) is 10.7. The van der Waals surface area contributed by atoms with Crippen LogP contribution in [0.3, 0.4) is 0 Å². The highest BCUT2D eigenvalue weighted by atomic mass is 35.5. The van der Waals surface area contributed by atoms with E-state index in [-0.39, 0.29) is 11.3 Å². The average Bonchev–Trinajstić information content (AvgIpc) is 3.12. The van der Waals surface area contributed by atoms with Crippen LogP contribution in [0.2, 0.25) is 10.0 Å². The number of halogens is 2. The molecule has 28 heavy (non-hydrogen) atoms. The lowest BCUT2D eigenvalue weighted by Gasteiger charge is -2.12. The van der Waals surface area contributed by atoms with E-state index in [1.165, 1.54) is 14.2 Å². The summed E-state index contributed by atoms with van der Waals surface area (Å²) in [6.07, 6.45) is 0.394. The lowest BCUT2D eigenvalue weighted by atomic mass is 10.1. The highest BCUT2D eigenvalue weighted by molar-refractivity contribution is 7.62. The van der Waals surface area contributed by atoms with Crippen LogP contribution in [0.5, 0.6) is 0 Å².